The zero-order valence-electron chi connectivity index (χ0n) is 11.8. The molecule has 0 aliphatic rings. The van der Waals surface area contributed by atoms with Gasteiger partial charge >= 0.3 is 6.09 Å². The van der Waals surface area contributed by atoms with Crippen LogP contribution in [0.3, 0.4) is 0 Å². The number of rotatable bonds is 4. The van der Waals surface area contributed by atoms with Gasteiger partial charge in [-0.2, -0.15) is 0 Å². The number of ether oxygens (including phenoxy) is 1. The SMILES string of the molecule is CC(CNC(=O)OC(C)(C)C)Nc1ccc(Br)cc1. The maximum atomic E-state index is 11.5. The monoisotopic (exact) mass is 328 g/mol. The van der Waals surface area contributed by atoms with Crippen LogP contribution < -0.4 is 10.6 Å². The van der Waals surface area contributed by atoms with E-state index in [1.54, 1.807) is 0 Å². The van der Waals surface area contributed by atoms with E-state index in [4.69, 9.17) is 4.74 Å². The van der Waals surface area contributed by atoms with E-state index in [0.29, 0.717) is 6.54 Å². The van der Waals surface area contributed by atoms with Gasteiger partial charge in [-0.1, -0.05) is 15.9 Å². The van der Waals surface area contributed by atoms with Gasteiger partial charge in [0, 0.05) is 22.7 Å². The largest absolute Gasteiger partial charge is 0.444 e. The Kier molecular flexibility index (Phi) is 5.66. The number of hydrogen-bond donors (Lipinski definition) is 2. The Morgan fingerprint density at radius 2 is 1.89 bits per heavy atom. The molecule has 1 aromatic rings. The third-order valence-electron chi connectivity index (χ3n) is 2.21. The lowest BCUT2D eigenvalue weighted by molar-refractivity contribution is 0.0526. The summed E-state index contributed by atoms with van der Waals surface area (Å²) in [6.07, 6.45) is -0.392. The Morgan fingerprint density at radius 1 is 1.32 bits per heavy atom. The standard InChI is InChI=1S/C14H21BrN2O2/c1-10(9-16-13(18)19-14(2,3)4)17-12-7-5-11(15)6-8-12/h5-8,10,17H,9H2,1-4H3,(H,16,18). The van der Waals surface area contributed by atoms with Crippen molar-refractivity contribution in [1.82, 2.24) is 5.32 Å². The number of anilines is 1. The maximum Gasteiger partial charge on any atom is 0.407 e. The van der Waals surface area contributed by atoms with Crippen molar-refractivity contribution in [3.8, 4) is 0 Å². The van der Waals surface area contributed by atoms with Gasteiger partial charge in [0.1, 0.15) is 5.60 Å². The maximum absolute atomic E-state index is 11.5. The van der Waals surface area contributed by atoms with E-state index < -0.39 is 11.7 Å². The van der Waals surface area contributed by atoms with Gasteiger partial charge in [0.25, 0.3) is 0 Å². The highest BCUT2D eigenvalue weighted by molar-refractivity contribution is 9.10. The molecule has 0 aromatic heterocycles. The van der Waals surface area contributed by atoms with Crippen molar-refractivity contribution in [3.63, 3.8) is 0 Å². The molecule has 1 unspecified atom stereocenters. The quantitative estimate of drug-likeness (QED) is 0.884. The Bertz CT molecular complexity index is 412. The Hall–Kier alpha value is -1.23. The molecular formula is C14H21BrN2O2. The van der Waals surface area contributed by atoms with Crippen molar-refractivity contribution in [2.24, 2.45) is 0 Å². The summed E-state index contributed by atoms with van der Waals surface area (Å²) < 4.78 is 6.21. The number of amides is 1. The molecule has 19 heavy (non-hydrogen) atoms. The lowest BCUT2D eigenvalue weighted by Crippen LogP contribution is -2.38. The first kappa shape index (κ1) is 15.8. The molecule has 0 saturated heterocycles. The zero-order chi connectivity index (χ0) is 14.5. The third-order valence-corrected chi connectivity index (χ3v) is 2.74. The van der Waals surface area contributed by atoms with Crippen molar-refractivity contribution in [3.05, 3.63) is 28.7 Å². The molecule has 0 heterocycles. The number of carbonyl (C=O) groups excluding carboxylic acids is 1. The summed E-state index contributed by atoms with van der Waals surface area (Å²) in [7, 11) is 0. The van der Waals surface area contributed by atoms with Crippen molar-refractivity contribution >= 4 is 27.7 Å². The van der Waals surface area contributed by atoms with E-state index in [0.717, 1.165) is 10.2 Å². The van der Waals surface area contributed by atoms with Crippen LogP contribution in [0, 0.1) is 0 Å². The molecule has 1 rings (SSSR count). The Balaban J connectivity index is 2.33. The highest BCUT2D eigenvalue weighted by atomic mass is 79.9. The fourth-order valence-electron chi connectivity index (χ4n) is 1.43. The highest BCUT2D eigenvalue weighted by Gasteiger charge is 2.16. The van der Waals surface area contributed by atoms with Gasteiger partial charge in [-0.25, -0.2) is 4.79 Å². The first-order chi connectivity index (χ1) is 8.76. The van der Waals surface area contributed by atoms with Crippen LogP contribution in [-0.2, 0) is 4.74 Å². The minimum atomic E-state index is -0.466. The van der Waals surface area contributed by atoms with Crippen LogP contribution >= 0.6 is 15.9 Å². The summed E-state index contributed by atoms with van der Waals surface area (Å²) in [4.78, 5) is 11.5. The minimum absolute atomic E-state index is 0.119. The third kappa shape index (κ3) is 7.06. The molecule has 0 aliphatic carbocycles. The molecule has 0 saturated carbocycles. The zero-order valence-corrected chi connectivity index (χ0v) is 13.4. The fraction of sp³-hybridized carbons (Fsp3) is 0.500. The summed E-state index contributed by atoms with van der Waals surface area (Å²) in [5.41, 5.74) is 0.550. The van der Waals surface area contributed by atoms with Crippen LogP contribution in [0.1, 0.15) is 27.7 Å². The van der Waals surface area contributed by atoms with Gasteiger partial charge in [-0.05, 0) is 52.0 Å². The molecule has 0 spiro atoms. The average Bonchev–Trinajstić information content (AvgIpc) is 2.27. The first-order valence-corrected chi connectivity index (χ1v) is 7.04. The first-order valence-electron chi connectivity index (χ1n) is 6.25. The molecule has 0 bridgehead atoms. The summed E-state index contributed by atoms with van der Waals surface area (Å²) in [6.45, 7) is 8.03. The lowest BCUT2D eigenvalue weighted by atomic mass is 10.2. The van der Waals surface area contributed by atoms with Crippen LogP contribution in [-0.4, -0.2) is 24.3 Å². The molecule has 5 heteroatoms. The van der Waals surface area contributed by atoms with E-state index in [2.05, 4.69) is 26.6 Å². The summed E-state index contributed by atoms with van der Waals surface area (Å²) in [6, 6.07) is 8.02. The van der Waals surface area contributed by atoms with Gasteiger partial charge in [0.2, 0.25) is 0 Å². The number of nitrogens with one attached hydrogen (secondary N) is 2. The molecule has 1 aromatic carbocycles. The Labute approximate surface area is 123 Å². The predicted molar refractivity (Wildman–Crippen MR) is 81.5 cm³/mol. The van der Waals surface area contributed by atoms with E-state index in [-0.39, 0.29) is 6.04 Å². The van der Waals surface area contributed by atoms with E-state index >= 15 is 0 Å². The molecule has 0 aliphatic heterocycles. The minimum Gasteiger partial charge on any atom is -0.444 e. The highest BCUT2D eigenvalue weighted by Crippen LogP contribution is 2.14. The number of carbonyl (C=O) groups is 1. The van der Waals surface area contributed by atoms with Gasteiger partial charge in [0.05, 0.1) is 0 Å². The van der Waals surface area contributed by atoms with Crippen molar-refractivity contribution in [2.45, 2.75) is 39.3 Å². The van der Waals surface area contributed by atoms with Crippen LogP contribution in [0.4, 0.5) is 10.5 Å². The van der Waals surface area contributed by atoms with Crippen molar-refractivity contribution in [2.75, 3.05) is 11.9 Å². The van der Waals surface area contributed by atoms with E-state index in [9.17, 15) is 4.79 Å². The summed E-state index contributed by atoms with van der Waals surface area (Å²) in [5.74, 6) is 0. The summed E-state index contributed by atoms with van der Waals surface area (Å²) >= 11 is 3.39. The molecule has 1 amide bonds. The molecule has 0 radical (unpaired) electrons. The molecular weight excluding hydrogens is 308 g/mol. The predicted octanol–water partition coefficient (Wildman–Crippen LogP) is 3.77. The number of alkyl carbamates (subject to hydrolysis) is 1. The molecule has 0 fully saturated rings. The van der Waals surface area contributed by atoms with Gasteiger partial charge < -0.3 is 15.4 Å². The second-order valence-electron chi connectivity index (χ2n) is 5.44. The second-order valence-corrected chi connectivity index (χ2v) is 6.35. The molecule has 1 atom stereocenters. The molecule has 2 N–H and O–H groups in total. The van der Waals surface area contributed by atoms with Crippen molar-refractivity contribution < 1.29 is 9.53 Å². The number of halogens is 1. The number of benzene rings is 1. The van der Waals surface area contributed by atoms with Crippen LogP contribution in [0.5, 0.6) is 0 Å². The lowest BCUT2D eigenvalue weighted by Gasteiger charge is -2.21. The second kappa shape index (κ2) is 6.80. The van der Waals surface area contributed by atoms with Gasteiger partial charge in [0.15, 0.2) is 0 Å². The van der Waals surface area contributed by atoms with E-state index in [1.807, 2.05) is 52.0 Å². The topological polar surface area (TPSA) is 50.4 Å². The smallest absolute Gasteiger partial charge is 0.407 e. The fourth-order valence-corrected chi connectivity index (χ4v) is 1.70. The van der Waals surface area contributed by atoms with Gasteiger partial charge in [-0.15, -0.1) is 0 Å². The van der Waals surface area contributed by atoms with Crippen LogP contribution in [0.25, 0.3) is 0 Å². The normalized spacial score (nSPS) is 12.7. The average molecular weight is 329 g/mol. The van der Waals surface area contributed by atoms with Gasteiger partial charge in [-0.3, -0.25) is 0 Å². The van der Waals surface area contributed by atoms with Crippen molar-refractivity contribution in [1.29, 1.82) is 0 Å². The molecule has 106 valence electrons. The summed E-state index contributed by atoms with van der Waals surface area (Å²) in [5, 5.41) is 6.03. The van der Waals surface area contributed by atoms with E-state index in [1.165, 1.54) is 0 Å². The van der Waals surface area contributed by atoms with Crippen LogP contribution in [0.15, 0.2) is 28.7 Å². The molecule has 4 nitrogen and oxygen atoms in total. The number of hydrogen-bond acceptors (Lipinski definition) is 3. The van der Waals surface area contributed by atoms with Crippen LogP contribution in [0.2, 0.25) is 0 Å². The Morgan fingerprint density at radius 3 is 2.42 bits per heavy atom.